The van der Waals surface area contributed by atoms with Crippen LogP contribution in [0.5, 0.6) is 5.75 Å². The summed E-state index contributed by atoms with van der Waals surface area (Å²) in [5, 5.41) is 6.23. The van der Waals surface area contributed by atoms with Gasteiger partial charge in [0.2, 0.25) is 0 Å². The van der Waals surface area contributed by atoms with Crippen molar-refractivity contribution in [1.29, 1.82) is 0 Å². The quantitative estimate of drug-likeness (QED) is 0.862. The van der Waals surface area contributed by atoms with E-state index < -0.39 is 0 Å². The van der Waals surface area contributed by atoms with Crippen LogP contribution in [0.3, 0.4) is 0 Å². The Bertz CT molecular complexity index is 381. The third-order valence-corrected chi connectivity index (χ3v) is 3.35. The van der Waals surface area contributed by atoms with Gasteiger partial charge in [-0.25, -0.2) is 4.79 Å². The Hall–Kier alpha value is -1.55. The van der Waals surface area contributed by atoms with E-state index in [1.54, 1.807) is 12.1 Å². The standard InChI is InChI=1S/C14H20N2O2/c1-11-6-5-9-15-13(11)10-16-14(17)18-12-7-3-2-4-8-12/h2-4,7-8,11,13,15H,5-6,9-10H2,1H3,(H,16,17). The molecular formula is C14H20N2O2. The molecule has 18 heavy (non-hydrogen) atoms. The molecule has 4 nitrogen and oxygen atoms in total. The number of carbonyl (C=O) groups is 1. The van der Waals surface area contributed by atoms with E-state index in [0.717, 1.165) is 6.54 Å². The molecular weight excluding hydrogens is 228 g/mol. The number of hydrogen-bond donors (Lipinski definition) is 2. The minimum atomic E-state index is -0.388. The number of hydrogen-bond acceptors (Lipinski definition) is 3. The number of para-hydroxylation sites is 1. The van der Waals surface area contributed by atoms with E-state index in [-0.39, 0.29) is 6.09 Å². The Morgan fingerprint density at radius 1 is 1.44 bits per heavy atom. The summed E-state index contributed by atoms with van der Waals surface area (Å²) in [6.07, 6.45) is 2.04. The first-order chi connectivity index (χ1) is 8.75. The van der Waals surface area contributed by atoms with Crippen LogP contribution in [0, 0.1) is 5.92 Å². The second-order valence-corrected chi connectivity index (χ2v) is 4.76. The van der Waals surface area contributed by atoms with Gasteiger partial charge in [-0.2, -0.15) is 0 Å². The van der Waals surface area contributed by atoms with Gasteiger partial charge >= 0.3 is 6.09 Å². The van der Waals surface area contributed by atoms with Crippen molar-refractivity contribution in [3.63, 3.8) is 0 Å². The van der Waals surface area contributed by atoms with Gasteiger partial charge in [-0.05, 0) is 37.4 Å². The Morgan fingerprint density at radius 2 is 2.22 bits per heavy atom. The molecule has 0 aromatic heterocycles. The Kier molecular flexibility index (Phi) is 4.59. The molecule has 1 aromatic carbocycles. The summed E-state index contributed by atoms with van der Waals surface area (Å²) in [6, 6.07) is 9.45. The first-order valence-corrected chi connectivity index (χ1v) is 6.50. The predicted molar refractivity (Wildman–Crippen MR) is 70.7 cm³/mol. The van der Waals surface area contributed by atoms with Crippen LogP contribution >= 0.6 is 0 Å². The Balaban J connectivity index is 1.74. The van der Waals surface area contributed by atoms with E-state index >= 15 is 0 Å². The molecule has 0 radical (unpaired) electrons. The highest BCUT2D eigenvalue weighted by atomic mass is 16.6. The number of amides is 1. The zero-order chi connectivity index (χ0) is 12.8. The summed E-state index contributed by atoms with van der Waals surface area (Å²) < 4.78 is 5.16. The monoisotopic (exact) mass is 248 g/mol. The van der Waals surface area contributed by atoms with Gasteiger partial charge in [-0.15, -0.1) is 0 Å². The molecule has 0 bridgehead atoms. The van der Waals surface area contributed by atoms with Gasteiger partial charge in [0.1, 0.15) is 5.75 Å². The molecule has 2 rings (SSSR count). The number of rotatable bonds is 3. The highest BCUT2D eigenvalue weighted by Gasteiger charge is 2.21. The molecule has 1 saturated heterocycles. The van der Waals surface area contributed by atoms with E-state index in [1.165, 1.54) is 12.8 Å². The fourth-order valence-corrected chi connectivity index (χ4v) is 2.21. The van der Waals surface area contributed by atoms with E-state index in [2.05, 4.69) is 17.6 Å². The van der Waals surface area contributed by atoms with Crippen molar-refractivity contribution >= 4 is 6.09 Å². The normalized spacial score (nSPS) is 23.4. The van der Waals surface area contributed by atoms with E-state index in [0.29, 0.717) is 24.3 Å². The first kappa shape index (κ1) is 12.9. The van der Waals surface area contributed by atoms with Gasteiger partial charge in [-0.3, -0.25) is 0 Å². The molecule has 98 valence electrons. The average Bonchev–Trinajstić information content (AvgIpc) is 2.39. The predicted octanol–water partition coefficient (Wildman–Crippen LogP) is 2.16. The number of piperidine rings is 1. The first-order valence-electron chi connectivity index (χ1n) is 6.50. The topological polar surface area (TPSA) is 50.4 Å². The average molecular weight is 248 g/mol. The Labute approximate surface area is 108 Å². The zero-order valence-electron chi connectivity index (χ0n) is 10.7. The fourth-order valence-electron chi connectivity index (χ4n) is 2.21. The van der Waals surface area contributed by atoms with Crippen molar-refractivity contribution in [3.05, 3.63) is 30.3 Å². The lowest BCUT2D eigenvalue weighted by molar-refractivity contribution is 0.195. The van der Waals surface area contributed by atoms with E-state index in [9.17, 15) is 4.79 Å². The van der Waals surface area contributed by atoms with Crippen LogP contribution in [0.4, 0.5) is 4.79 Å². The summed E-state index contributed by atoms with van der Waals surface area (Å²) >= 11 is 0. The molecule has 1 aliphatic rings. The molecule has 2 N–H and O–H groups in total. The van der Waals surface area contributed by atoms with Crippen LogP contribution in [0.25, 0.3) is 0 Å². The number of benzene rings is 1. The third kappa shape index (κ3) is 3.74. The second-order valence-electron chi connectivity index (χ2n) is 4.76. The molecule has 4 heteroatoms. The molecule has 0 spiro atoms. The lowest BCUT2D eigenvalue weighted by atomic mass is 9.93. The molecule has 1 aliphatic heterocycles. The van der Waals surface area contributed by atoms with Crippen LogP contribution in [0.2, 0.25) is 0 Å². The van der Waals surface area contributed by atoms with Gasteiger partial charge in [0.25, 0.3) is 0 Å². The molecule has 1 amide bonds. The molecule has 1 aromatic rings. The van der Waals surface area contributed by atoms with Crippen molar-refractivity contribution in [2.24, 2.45) is 5.92 Å². The molecule has 2 atom stereocenters. The van der Waals surface area contributed by atoms with Crippen molar-refractivity contribution in [2.45, 2.75) is 25.8 Å². The minimum absolute atomic E-state index is 0.349. The summed E-state index contributed by atoms with van der Waals surface area (Å²) in [6.45, 7) is 3.86. The SMILES string of the molecule is CC1CCCNC1CNC(=O)Oc1ccccc1. The van der Waals surface area contributed by atoms with Crippen molar-refractivity contribution in [3.8, 4) is 5.75 Å². The van der Waals surface area contributed by atoms with Crippen LogP contribution in [0.15, 0.2) is 30.3 Å². The van der Waals surface area contributed by atoms with Gasteiger partial charge in [0.15, 0.2) is 0 Å². The lowest BCUT2D eigenvalue weighted by Gasteiger charge is -2.29. The highest BCUT2D eigenvalue weighted by molar-refractivity contribution is 5.70. The molecule has 1 fully saturated rings. The molecule has 0 aliphatic carbocycles. The van der Waals surface area contributed by atoms with Gasteiger partial charge in [0, 0.05) is 12.6 Å². The van der Waals surface area contributed by atoms with Gasteiger partial charge < -0.3 is 15.4 Å². The number of carbonyl (C=O) groups excluding carboxylic acids is 1. The maximum atomic E-state index is 11.6. The van der Waals surface area contributed by atoms with Crippen LogP contribution in [0.1, 0.15) is 19.8 Å². The summed E-state index contributed by atoms with van der Waals surface area (Å²) in [7, 11) is 0. The van der Waals surface area contributed by atoms with E-state index in [1.807, 2.05) is 18.2 Å². The van der Waals surface area contributed by atoms with Crippen molar-refractivity contribution in [1.82, 2.24) is 10.6 Å². The highest BCUT2D eigenvalue weighted by Crippen LogP contribution is 2.14. The number of ether oxygens (including phenoxy) is 1. The zero-order valence-corrected chi connectivity index (χ0v) is 10.7. The summed E-state index contributed by atoms with van der Waals surface area (Å²) in [5.41, 5.74) is 0. The summed E-state index contributed by atoms with van der Waals surface area (Å²) in [4.78, 5) is 11.6. The van der Waals surface area contributed by atoms with Gasteiger partial charge in [-0.1, -0.05) is 25.1 Å². The second kappa shape index (κ2) is 6.40. The van der Waals surface area contributed by atoms with Crippen molar-refractivity contribution < 1.29 is 9.53 Å². The Morgan fingerprint density at radius 3 is 2.94 bits per heavy atom. The molecule has 2 unspecified atom stereocenters. The van der Waals surface area contributed by atoms with Crippen LogP contribution in [-0.4, -0.2) is 25.2 Å². The lowest BCUT2D eigenvalue weighted by Crippen LogP contribution is -2.48. The largest absolute Gasteiger partial charge is 0.412 e. The maximum Gasteiger partial charge on any atom is 0.412 e. The van der Waals surface area contributed by atoms with Crippen LogP contribution < -0.4 is 15.4 Å². The molecule has 0 saturated carbocycles. The van der Waals surface area contributed by atoms with Gasteiger partial charge in [0.05, 0.1) is 0 Å². The summed E-state index contributed by atoms with van der Waals surface area (Å²) in [5.74, 6) is 1.16. The van der Waals surface area contributed by atoms with Crippen LogP contribution in [-0.2, 0) is 0 Å². The maximum absolute atomic E-state index is 11.6. The third-order valence-electron chi connectivity index (χ3n) is 3.35. The van der Waals surface area contributed by atoms with E-state index in [4.69, 9.17) is 4.74 Å². The number of nitrogens with one attached hydrogen (secondary N) is 2. The minimum Gasteiger partial charge on any atom is -0.410 e. The smallest absolute Gasteiger partial charge is 0.410 e. The fraction of sp³-hybridized carbons (Fsp3) is 0.500. The molecule has 1 heterocycles. The van der Waals surface area contributed by atoms with Crippen molar-refractivity contribution in [2.75, 3.05) is 13.1 Å².